The van der Waals surface area contributed by atoms with Gasteiger partial charge in [-0.2, -0.15) is 5.10 Å². The van der Waals surface area contributed by atoms with E-state index in [2.05, 4.69) is 16.2 Å². The number of imidazole rings is 1. The smallest absolute Gasteiger partial charge is 0.253 e. The Morgan fingerprint density at radius 1 is 1.16 bits per heavy atom. The molecule has 1 aliphatic rings. The molecule has 0 spiro atoms. The van der Waals surface area contributed by atoms with Crippen LogP contribution in [0.2, 0.25) is 0 Å². The van der Waals surface area contributed by atoms with Crippen LogP contribution in [0.3, 0.4) is 0 Å². The van der Waals surface area contributed by atoms with Crippen molar-refractivity contribution >= 4 is 23.4 Å². The van der Waals surface area contributed by atoms with Gasteiger partial charge in [0.25, 0.3) is 5.91 Å². The summed E-state index contributed by atoms with van der Waals surface area (Å²) in [4.78, 5) is 17.6. The van der Waals surface area contributed by atoms with Crippen molar-refractivity contribution in [2.45, 2.75) is 24.5 Å². The molecule has 1 atom stereocenters. The zero-order valence-electron chi connectivity index (χ0n) is 16.8. The number of benzene rings is 1. The number of hydrogen-bond donors (Lipinski definition) is 0. The first-order chi connectivity index (χ1) is 15.2. The summed E-state index contributed by atoms with van der Waals surface area (Å²) in [6.45, 7) is 2.05. The molecule has 31 heavy (non-hydrogen) atoms. The molecule has 0 bridgehead atoms. The van der Waals surface area contributed by atoms with Gasteiger partial charge in [0, 0.05) is 24.5 Å². The summed E-state index contributed by atoms with van der Waals surface area (Å²) < 4.78 is 13.1. The summed E-state index contributed by atoms with van der Waals surface area (Å²) in [6.07, 6.45) is 7.39. The van der Waals surface area contributed by atoms with Gasteiger partial charge < -0.3 is 8.83 Å². The van der Waals surface area contributed by atoms with Gasteiger partial charge >= 0.3 is 0 Å². The molecule has 5 rings (SSSR count). The number of nitrogens with zero attached hydrogens (tertiary/aromatic N) is 4. The van der Waals surface area contributed by atoms with Gasteiger partial charge in [-0.1, -0.05) is 23.9 Å². The number of thioether (sulfide) groups is 1. The maximum absolute atomic E-state index is 13.2. The predicted octanol–water partition coefficient (Wildman–Crippen LogP) is 4.84. The molecule has 1 unspecified atom stereocenters. The van der Waals surface area contributed by atoms with Crippen molar-refractivity contribution in [1.82, 2.24) is 14.6 Å². The highest BCUT2D eigenvalue weighted by Gasteiger charge is 2.35. The fraction of sp³-hybridized carbons (Fsp3) is 0.174. The second-order valence-electron chi connectivity index (χ2n) is 7.21. The van der Waals surface area contributed by atoms with E-state index in [9.17, 15) is 4.79 Å². The Kier molecular flexibility index (Phi) is 5.21. The van der Waals surface area contributed by atoms with E-state index in [0.29, 0.717) is 17.9 Å². The molecule has 1 amide bonds. The van der Waals surface area contributed by atoms with Crippen LogP contribution >= 0.6 is 11.8 Å². The molecule has 0 saturated carbocycles. The molecular weight excluding hydrogens is 412 g/mol. The van der Waals surface area contributed by atoms with Gasteiger partial charge in [0.05, 0.1) is 18.3 Å². The first-order valence-electron chi connectivity index (χ1n) is 9.89. The minimum absolute atomic E-state index is 0.119. The van der Waals surface area contributed by atoms with Gasteiger partial charge in [-0.05, 0) is 48.9 Å². The summed E-state index contributed by atoms with van der Waals surface area (Å²) in [5.74, 6) is 1.45. The average Bonchev–Trinajstić information content (AvgIpc) is 3.56. The number of rotatable bonds is 6. The molecule has 0 radical (unpaired) electrons. The monoisotopic (exact) mass is 432 g/mol. The third kappa shape index (κ3) is 3.94. The van der Waals surface area contributed by atoms with E-state index in [1.165, 1.54) is 16.8 Å². The van der Waals surface area contributed by atoms with Crippen LogP contribution in [-0.2, 0) is 4.79 Å². The maximum atomic E-state index is 13.2. The highest BCUT2D eigenvalue weighted by atomic mass is 32.2. The summed E-state index contributed by atoms with van der Waals surface area (Å²) in [6, 6.07) is 15.2. The number of amides is 1. The summed E-state index contributed by atoms with van der Waals surface area (Å²) in [5, 5.41) is 6.82. The Balaban J connectivity index is 1.35. The van der Waals surface area contributed by atoms with Gasteiger partial charge in [-0.3, -0.25) is 9.36 Å². The Morgan fingerprint density at radius 2 is 2.03 bits per heavy atom. The topological polar surface area (TPSA) is 76.8 Å². The average molecular weight is 433 g/mol. The lowest BCUT2D eigenvalue weighted by molar-refractivity contribution is -0.130. The van der Waals surface area contributed by atoms with E-state index in [4.69, 9.17) is 8.83 Å². The number of hydrazone groups is 1. The van der Waals surface area contributed by atoms with Crippen molar-refractivity contribution in [1.29, 1.82) is 0 Å². The van der Waals surface area contributed by atoms with Crippen molar-refractivity contribution in [3.63, 3.8) is 0 Å². The molecule has 8 heteroatoms. The molecule has 4 aromatic rings. The lowest BCUT2D eigenvalue weighted by Gasteiger charge is -2.19. The van der Waals surface area contributed by atoms with E-state index in [1.807, 2.05) is 60.2 Å². The lowest BCUT2D eigenvalue weighted by Crippen LogP contribution is -2.28. The fourth-order valence-electron chi connectivity index (χ4n) is 3.60. The molecule has 0 fully saturated rings. The van der Waals surface area contributed by atoms with Crippen molar-refractivity contribution in [2.75, 3.05) is 5.75 Å². The van der Waals surface area contributed by atoms with Crippen molar-refractivity contribution in [2.24, 2.45) is 5.10 Å². The summed E-state index contributed by atoms with van der Waals surface area (Å²) in [5.41, 5.74) is 2.91. The van der Waals surface area contributed by atoms with Crippen molar-refractivity contribution in [3.05, 3.63) is 90.5 Å². The molecule has 4 heterocycles. The second kappa shape index (κ2) is 8.31. The minimum Gasteiger partial charge on any atom is -0.467 e. The van der Waals surface area contributed by atoms with Gasteiger partial charge in [-0.15, -0.1) is 0 Å². The maximum Gasteiger partial charge on any atom is 0.253 e. The van der Waals surface area contributed by atoms with Gasteiger partial charge in [0.15, 0.2) is 5.16 Å². The molecular formula is C23H20N4O3S. The van der Waals surface area contributed by atoms with E-state index >= 15 is 0 Å². The Labute approximate surface area is 183 Å². The normalized spacial score (nSPS) is 16.0. The highest BCUT2D eigenvalue weighted by Crippen LogP contribution is 2.34. The van der Waals surface area contributed by atoms with E-state index in [1.54, 1.807) is 18.7 Å². The number of aryl methyl sites for hydroxylation is 1. The zero-order valence-corrected chi connectivity index (χ0v) is 17.7. The lowest BCUT2D eigenvalue weighted by atomic mass is 10.1. The second-order valence-corrected chi connectivity index (χ2v) is 8.15. The predicted molar refractivity (Wildman–Crippen MR) is 117 cm³/mol. The van der Waals surface area contributed by atoms with Crippen LogP contribution in [0.25, 0.3) is 5.69 Å². The minimum atomic E-state index is -0.292. The summed E-state index contributed by atoms with van der Waals surface area (Å²) >= 11 is 1.38. The number of aromatic nitrogens is 2. The highest BCUT2D eigenvalue weighted by molar-refractivity contribution is 7.99. The first kappa shape index (κ1) is 19.4. The molecule has 0 aliphatic carbocycles. The fourth-order valence-corrected chi connectivity index (χ4v) is 4.42. The van der Waals surface area contributed by atoms with Crippen LogP contribution in [0, 0.1) is 6.92 Å². The summed E-state index contributed by atoms with van der Waals surface area (Å²) in [7, 11) is 0. The van der Waals surface area contributed by atoms with Gasteiger partial charge in [0.2, 0.25) is 0 Å². The number of carbonyl (C=O) groups is 1. The van der Waals surface area contributed by atoms with Crippen LogP contribution in [-0.4, -0.2) is 31.9 Å². The molecule has 7 nitrogen and oxygen atoms in total. The van der Waals surface area contributed by atoms with E-state index < -0.39 is 0 Å². The molecule has 0 N–H and O–H groups in total. The molecule has 1 aromatic carbocycles. The molecule has 0 saturated heterocycles. The molecule has 3 aromatic heterocycles. The SMILES string of the molecule is Cc1cccc(-n2ccnc2SCC(=O)N2N=C(c3ccco3)CC2c2ccco2)c1. The quantitative estimate of drug-likeness (QED) is 0.408. The van der Waals surface area contributed by atoms with Crippen LogP contribution in [0.5, 0.6) is 0 Å². The van der Waals surface area contributed by atoms with Crippen molar-refractivity contribution < 1.29 is 13.6 Å². The largest absolute Gasteiger partial charge is 0.467 e. The Bertz CT molecular complexity index is 1210. The van der Waals surface area contributed by atoms with Crippen LogP contribution in [0.4, 0.5) is 0 Å². The third-order valence-electron chi connectivity index (χ3n) is 5.05. The van der Waals surface area contributed by atoms with Crippen LogP contribution in [0.15, 0.2) is 92.5 Å². The Hall–Kier alpha value is -3.52. The number of carbonyl (C=O) groups excluding carboxylic acids is 1. The van der Waals surface area contributed by atoms with E-state index in [-0.39, 0.29) is 17.7 Å². The standard InChI is InChI=1S/C23H20N4O3S/c1-16-5-2-6-17(13-16)26-10-9-24-23(26)31-15-22(28)27-19(21-8-4-12-30-21)14-18(25-27)20-7-3-11-29-20/h2-13,19H,14-15H2,1H3. The third-order valence-corrected chi connectivity index (χ3v) is 6.01. The van der Waals surface area contributed by atoms with Gasteiger partial charge in [-0.25, -0.2) is 9.99 Å². The van der Waals surface area contributed by atoms with Crippen molar-refractivity contribution in [3.8, 4) is 5.69 Å². The van der Waals surface area contributed by atoms with Gasteiger partial charge in [0.1, 0.15) is 23.3 Å². The van der Waals surface area contributed by atoms with Crippen LogP contribution in [0.1, 0.15) is 29.5 Å². The molecule has 1 aliphatic heterocycles. The Morgan fingerprint density at radius 3 is 2.81 bits per heavy atom. The zero-order chi connectivity index (χ0) is 21.2. The van der Waals surface area contributed by atoms with E-state index in [0.717, 1.165) is 22.1 Å². The number of hydrogen-bond acceptors (Lipinski definition) is 6. The number of furan rings is 2. The molecule has 156 valence electrons. The van der Waals surface area contributed by atoms with Crippen LogP contribution < -0.4 is 0 Å². The first-order valence-corrected chi connectivity index (χ1v) is 10.9.